The molecule has 0 spiro atoms. The van der Waals surface area contributed by atoms with E-state index in [0.717, 1.165) is 28.9 Å². The molecule has 0 aromatic carbocycles. The summed E-state index contributed by atoms with van der Waals surface area (Å²) in [5.41, 5.74) is 0.871. The third-order valence-corrected chi connectivity index (χ3v) is 4.47. The Morgan fingerprint density at radius 1 is 1.72 bits per heavy atom. The van der Waals surface area contributed by atoms with Gasteiger partial charge in [-0.05, 0) is 35.7 Å². The first-order valence-corrected chi connectivity index (χ1v) is 7.38. The minimum atomic E-state index is -0.186. The fourth-order valence-electron chi connectivity index (χ4n) is 1.65. The molecule has 0 unspecified atom stereocenters. The molecule has 1 aliphatic heterocycles. The van der Waals surface area contributed by atoms with Crippen molar-refractivity contribution >= 4 is 38.3 Å². The van der Waals surface area contributed by atoms with Crippen LogP contribution in [-0.2, 0) is 14.3 Å². The number of aryl methyl sites for hydroxylation is 1. The van der Waals surface area contributed by atoms with Crippen LogP contribution < -0.4 is 5.32 Å². The van der Waals surface area contributed by atoms with E-state index in [1.54, 1.807) is 0 Å². The Kier molecular flexibility index (Phi) is 5.11. The number of ether oxygens (including phenoxy) is 2. The van der Waals surface area contributed by atoms with Crippen LogP contribution in [0.25, 0.3) is 0 Å². The molecular formula is C11H15BrN2O3S. The fraction of sp³-hybridized carbons (Fsp3) is 0.636. The molecule has 1 aliphatic rings. The molecule has 0 radical (unpaired) electrons. The predicted octanol–water partition coefficient (Wildman–Crippen LogP) is 2.35. The van der Waals surface area contributed by atoms with Crippen LogP contribution >= 0.6 is 27.3 Å². The predicted molar refractivity (Wildman–Crippen MR) is 73.0 cm³/mol. The molecular weight excluding hydrogens is 320 g/mol. The SMILES string of the molecule is Cc1nc(NC(=O)COC[C@H]2CCCO2)sc1Br. The molecule has 2 rings (SSSR count). The molecule has 1 fully saturated rings. The van der Waals surface area contributed by atoms with Crippen molar-refractivity contribution in [2.75, 3.05) is 25.1 Å². The van der Waals surface area contributed by atoms with Crippen LogP contribution in [0.5, 0.6) is 0 Å². The van der Waals surface area contributed by atoms with Gasteiger partial charge < -0.3 is 9.47 Å². The Morgan fingerprint density at radius 3 is 3.17 bits per heavy atom. The van der Waals surface area contributed by atoms with Crippen LogP contribution in [-0.4, -0.2) is 36.8 Å². The monoisotopic (exact) mass is 334 g/mol. The number of thiazole rings is 1. The van der Waals surface area contributed by atoms with E-state index in [4.69, 9.17) is 9.47 Å². The van der Waals surface area contributed by atoms with Gasteiger partial charge in [-0.15, -0.1) is 0 Å². The molecule has 1 atom stereocenters. The highest BCUT2D eigenvalue weighted by Crippen LogP contribution is 2.27. The van der Waals surface area contributed by atoms with Gasteiger partial charge in [-0.25, -0.2) is 4.98 Å². The third-order valence-electron chi connectivity index (χ3n) is 2.55. The standard InChI is InChI=1S/C11H15BrN2O3S/c1-7-10(12)18-11(13-7)14-9(15)6-16-5-8-3-2-4-17-8/h8H,2-6H2,1H3,(H,13,14,15)/t8-/m1/s1. The second kappa shape index (κ2) is 6.60. The Balaban J connectivity index is 1.68. The molecule has 0 aliphatic carbocycles. The van der Waals surface area contributed by atoms with Crippen LogP contribution in [0.15, 0.2) is 3.79 Å². The number of rotatable bonds is 5. The number of hydrogen-bond donors (Lipinski definition) is 1. The van der Waals surface area contributed by atoms with Crippen molar-refractivity contribution in [1.29, 1.82) is 0 Å². The zero-order chi connectivity index (χ0) is 13.0. The molecule has 7 heteroatoms. The molecule has 18 heavy (non-hydrogen) atoms. The summed E-state index contributed by atoms with van der Waals surface area (Å²) in [7, 11) is 0. The summed E-state index contributed by atoms with van der Waals surface area (Å²) in [5.74, 6) is -0.186. The Bertz CT molecular complexity index is 399. The smallest absolute Gasteiger partial charge is 0.252 e. The zero-order valence-corrected chi connectivity index (χ0v) is 12.5. The summed E-state index contributed by atoms with van der Waals surface area (Å²) in [4.78, 5) is 15.8. The largest absolute Gasteiger partial charge is 0.376 e. The first-order chi connectivity index (χ1) is 8.65. The van der Waals surface area contributed by atoms with Gasteiger partial charge >= 0.3 is 0 Å². The topological polar surface area (TPSA) is 60.5 Å². The van der Waals surface area contributed by atoms with Gasteiger partial charge in [0.25, 0.3) is 5.91 Å². The van der Waals surface area contributed by atoms with Crippen molar-refractivity contribution in [3.05, 3.63) is 9.48 Å². The van der Waals surface area contributed by atoms with Gasteiger partial charge in [0, 0.05) is 6.61 Å². The molecule has 1 N–H and O–H groups in total. The number of anilines is 1. The molecule has 1 aromatic rings. The molecule has 0 saturated carbocycles. The maximum Gasteiger partial charge on any atom is 0.252 e. The van der Waals surface area contributed by atoms with Crippen LogP contribution in [0.2, 0.25) is 0 Å². The maximum atomic E-state index is 11.6. The second-order valence-corrected chi connectivity index (χ2v) is 6.39. The quantitative estimate of drug-likeness (QED) is 0.897. The average Bonchev–Trinajstić information content (AvgIpc) is 2.90. The Labute approximate surface area is 118 Å². The first kappa shape index (κ1) is 13.9. The van der Waals surface area contributed by atoms with Crippen molar-refractivity contribution in [1.82, 2.24) is 4.98 Å². The van der Waals surface area contributed by atoms with E-state index in [9.17, 15) is 4.79 Å². The number of aromatic nitrogens is 1. The van der Waals surface area contributed by atoms with E-state index in [1.807, 2.05) is 6.92 Å². The first-order valence-electron chi connectivity index (χ1n) is 5.77. The van der Waals surface area contributed by atoms with Gasteiger partial charge in [-0.1, -0.05) is 11.3 Å². The Hall–Kier alpha value is -0.500. The van der Waals surface area contributed by atoms with Gasteiger partial charge in [0.1, 0.15) is 6.61 Å². The van der Waals surface area contributed by atoms with Gasteiger partial charge in [0.15, 0.2) is 5.13 Å². The highest BCUT2D eigenvalue weighted by atomic mass is 79.9. The summed E-state index contributed by atoms with van der Waals surface area (Å²) in [6, 6.07) is 0. The number of amides is 1. The summed E-state index contributed by atoms with van der Waals surface area (Å²) in [6.45, 7) is 3.20. The molecule has 0 bridgehead atoms. The molecule has 5 nitrogen and oxygen atoms in total. The normalized spacial score (nSPS) is 19.1. The van der Waals surface area contributed by atoms with Crippen molar-refractivity contribution in [3.8, 4) is 0 Å². The number of hydrogen-bond acceptors (Lipinski definition) is 5. The molecule has 100 valence electrons. The van der Waals surface area contributed by atoms with E-state index in [1.165, 1.54) is 11.3 Å². The minimum Gasteiger partial charge on any atom is -0.376 e. The summed E-state index contributed by atoms with van der Waals surface area (Å²) < 4.78 is 11.6. The highest BCUT2D eigenvalue weighted by Gasteiger charge is 2.16. The number of halogens is 1. The highest BCUT2D eigenvalue weighted by molar-refractivity contribution is 9.11. The minimum absolute atomic E-state index is 0.0378. The van der Waals surface area contributed by atoms with E-state index in [0.29, 0.717) is 11.7 Å². The van der Waals surface area contributed by atoms with E-state index < -0.39 is 0 Å². The van der Waals surface area contributed by atoms with Gasteiger partial charge in [0.2, 0.25) is 0 Å². The zero-order valence-electron chi connectivity index (χ0n) is 10.1. The van der Waals surface area contributed by atoms with Crippen molar-refractivity contribution in [2.45, 2.75) is 25.9 Å². The van der Waals surface area contributed by atoms with Crippen molar-refractivity contribution in [3.63, 3.8) is 0 Å². The molecule has 1 saturated heterocycles. The maximum absolute atomic E-state index is 11.6. The number of carbonyl (C=O) groups excluding carboxylic acids is 1. The van der Waals surface area contributed by atoms with Crippen LogP contribution in [0, 0.1) is 6.92 Å². The lowest BCUT2D eigenvalue weighted by Gasteiger charge is -2.09. The lowest BCUT2D eigenvalue weighted by molar-refractivity contribution is -0.121. The summed E-state index contributed by atoms with van der Waals surface area (Å²) in [6.07, 6.45) is 2.24. The van der Waals surface area contributed by atoms with Crippen LogP contribution in [0.4, 0.5) is 5.13 Å². The number of nitrogens with zero attached hydrogens (tertiary/aromatic N) is 1. The molecule has 1 aromatic heterocycles. The van der Waals surface area contributed by atoms with Crippen molar-refractivity contribution < 1.29 is 14.3 Å². The van der Waals surface area contributed by atoms with Crippen LogP contribution in [0.3, 0.4) is 0 Å². The van der Waals surface area contributed by atoms with E-state index in [2.05, 4.69) is 26.2 Å². The van der Waals surface area contributed by atoms with E-state index in [-0.39, 0.29) is 18.6 Å². The second-order valence-electron chi connectivity index (χ2n) is 4.08. The fourth-order valence-corrected chi connectivity index (χ4v) is 2.90. The van der Waals surface area contributed by atoms with Crippen molar-refractivity contribution in [2.24, 2.45) is 0 Å². The van der Waals surface area contributed by atoms with Crippen LogP contribution in [0.1, 0.15) is 18.5 Å². The third kappa shape index (κ3) is 4.01. The Morgan fingerprint density at radius 2 is 2.56 bits per heavy atom. The summed E-state index contributed by atoms with van der Waals surface area (Å²) >= 11 is 4.76. The van der Waals surface area contributed by atoms with Gasteiger partial charge in [0.05, 0.1) is 22.2 Å². The lowest BCUT2D eigenvalue weighted by atomic mass is 10.2. The van der Waals surface area contributed by atoms with Gasteiger partial charge in [-0.3, -0.25) is 10.1 Å². The lowest BCUT2D eigenvalue weighted by Crippen LogP contribution is -2.22. The number of carbonyl (C=O) groups is 1. The molecule has 1 amide bonds. The van der Waals surface area contributed by atoms with Gasteiger partial charge in [-0.2, -0.15) is 0 Å². The number of nitrogens with one attached hydrogen (secondary N) is 1. The average molecular weight is 335 g/mol. The van der Waals surface area contributed by atoms with E-state index >= 15 is 0 Å². The summed E-state index contributed by atoms with van der Waals surface area (Å²) in [5, 5.41) is 3.29. The molecule has 2 heterocycles.